The second-order valence-corrected chi connectivity index (χ2v) is 16.8. The summed E-state index contributed by atoms with van der Waals surface area (Å²) >= 11 is 0. The Morgan fingerprint density at radius 3 is 0.560 bits per heavy atom. The Labute approximate surface area is 317 Å². The Balaban J connectivity index is 3.33. The van der Waals surface area contributed by atoms with Gasteiger partial charge in [0, 0.05) is 0 Å². The normalized spacial score (nSPS) is 12.2. The molecule has 0 rings (SSSR count). The molecule has 50 heavy (non-hydrogen) atoms. The van der Waals surface area contributed by atoms with Gasteiger partial charge in [0.05, 0.1) is 5.92 Å². The van der Waals surface area contributed by atoms with Gasteiger partial charge in [0.2, 0.25) is 0 Å². The van der Waals surface area contributed by atoms with Gasteiger partial charge in [-0.1, -0.05) is 284 Å². The molecule has 0 bridgehead atoms. The number of aliphatic carboxylic acids is 1. The summed E-state index contributed by atoms with van der Waals surface area (Å²) in [5, 5.41) is 9.70. The minimum absolute atomic E-state index is 0.101. The molecule has 0 amide bonds. The Bertz CT molecular complexity index is 615. The molecule has 0 fully saturated rings. The summed E-state index contributed by atoms with van der Waals surface area (Å²) in [5.41, 5.74) is 0. The highest BCUT2D eigenvalue weighted by molar-refractivity contribution is 5.69. The zero-order valence-corrected chi connectivity index (χ0v) is 35.0. The largest absolute Gasteiger partial charge is 0.481 e. The van der Waals surface area contributed by atoms with Crippen LogP contribution in [-0.2, 0) is 4.79 Å². The third-order valence-corrected chi connectivity index (χ3v) is 11.7. The van der Waals surface area contributed by atoms with Crippen molar-refractivity contribution in [3.63, 3.8) is 0 Å². The van der Waals surface area contributed by atoms with Gasteiger partial charge in [-0.25, -0.2) is 0 Å². The molecule has 1 atom stereocenters. The van der Waals surface area contributed by atoms with E-state index >= 15 is 0 Å². The first-order valence-electron chi connectivity index (χ1n) is 23.9. The van der Waals surface area contributed by atoms with Crippen LogP contribution in [0.4, 0.5) is 0 Å². The van der Waals surface area contributed by atoms with Crippen molar-refractivity contribution in [2.24, 2.45) is 5.92 Å². The molecule has 1 N–H and O–H groups in total. The van der Waals surface area contributed by atoms with E-state index in [9.17, 15) is 9.90 Å². The molecule has 0 heterocycles. The average molecular weight is 705 g/mol. The topological polar surface area (TPSA) is 37.3 Å². The van der Waals surface area contributed by atoms with E-state index in [1.54, 1.807) is 0 Å². The van der Waals surface area contributed by atoms with Crippen LogP contribution in [0.1, 0.15) is 296 Å². The second-order valence-electron chi connectivity index (χ2n) is 16.8. The van der Waals surface area contributed by atoms with Crippen LogP contribution in [0.3, 0.4) is 0 Å². The third-order valence-electron chi connectivity index (χ3n) is 11.7. The van der Waals surface area contributed by atoms with Gasteiger partial charge in [0.25, 0.3) is 0 Å². The molecule has 0 aromatic rings. The number of rotatable bonds is 45. The molecule has 0 aliphatic rings. The van der Waals surface area contributed by atoms with Crippen LogP contribution in [0.25, 0.3) is 0 Å². The fourth-order valence-electron chi connectivity index (χ4n) is 8.04. The maximum atomic E-state index is 11.8. The van der Waals surface area contributed by atoms with Crippen molar-refractivity contribution >= 4 is 5.97 Å². The first-order valence-corrected chi connectivity index (χ1v) is 23.9. The summed E-state index contributed by atoms with van der Waals surface area (Å²) < 4.78 is 0. The molecule has 1 unspecified atom stereocenters. The molecule has 0 aromatic heterocycles. The molecule has 2 nitrogen and oxygen atoms in total. The van der Waals surface area contributed by atoms with E-state index in [0.29, 0.717) is 0 Å². The number of carboxylic acid groups (broad SMARTS) is 1. The molecule has 2 heteroatoms. The van der Waals surface area contributed by atoms with Gasteiger partial charge in [0.15, 0.2) is 0 Å². The van der Waals surface area contributed by atoms with Gasteiger partial charge in [-0.05, 0) is 12.8 Å². The van der Waals surface area contributed by atoms with Gasteiger partial charge < -0.3 is 5.11 Å². The highest BCUT2D eigenvalue weighted by Gasteiger charge is 2.16. The lowest BCUT2D eigenvalue weighted by Gasteiger charge is -2.12. The standard InChI is InChI=1S/C48H96O2/c1-3-5-7-9-11-13-15-17-19-21-23-25-26-28-30-32-34-36-38-40-42-44-46-47(48(49)50)45-43-41-39-37-35-33-31-29-27-24-22-20-18-16-14-12-10-8-6-4-2/h47H,3-46H2,1-2H3,(H,49,50). The van der Waals surface area contributed by atoms with Crippen LogP contribution in [0, 0.1) is 5.92 Å². The van der Waals surface area contributed by atoms with Gasteiger partial charge in [-0.15, -0.1) is 0 Å². The number of carboxylic acids is 1. The first-order chi connectivity index (χ1) is 24.7. The molecule has 0 radical (unpaired) electrons. The summed E-state index contributed by atoms with van der Waals surface area (Å²) in [6.07, 6.45) is 60.6. The smallest absolute Gasteiger partial charge is 0.306 e. The third kappa shape index (κ3) is 41.9. The lowest BCUT2D eigenvalue weighted by molar-refractivity contribution is -0.142. The predicted octanol–water partition coefficient (Wildman–Crippen LogP) is 17.9. The number of hydrogen-bond donors (Lipinski definition) is 1. The van der Waals surface area contributed by atoms with Crippen LogP contribution in [0.5, 0.6) is 0 Å². The van der Waals surface area contributed by atoms with Gasteiger partial charge >= 0.3 is 5.97 Å². The van der Waals surface area contributed by atoms with E-state index in [4.69, 9.17) is 0 Å². The van der Waals surface area contributed by atoms with Gasteiger partial charge in [-0.2, -0.15) is 0 Å². The highest BCUT2D eigenvalue weighted by atomic mass is 16.4. The van der Waals surface area contributed by atoms with Crippen LogP contribution in [0.2, 0.25) is 0 Å². The quantitative estimate of drug-likeness (QED) is 0.0641. The summed E-state index contributed by atoms with van der Waals surface area (Å²) in [7, 11) is 0. The highest BCUT2D eigenvalue weighted by Crippen LogP contribution is 2.21. The molecular formula is C48H96O2. The van der Waals surface area contributed by atoms with Crippen molar-refractivity contribution in [3.8, 4) is 0 Å². The van der Waals surface area contributed by atoms with E-state index in [1.165, 1.54) is 257 Å². The van der Waals surface area contributed by atoms with Crippen molar-refractivity contribution < 1.29 is 9.90 Å². The predicted molar refractivity (Wildman–Crippen MR) is 226 cm³/mol. The molecular weight excluding hydrogens is 609 g/mol. The lowest BCUT2D eigenvalue weighted by atomic mass is 9.94. The number of hydrogen-bond acceptors (Lipinski definition) is 1. The Hall–Kier alpha value is -0.530. The van der Waals surface area contributed by atoms with E-state index < -0.39 is 5.97 Å². The molecule has 0 spiro atoms. The molecule has 0 aliphatic carbocycles. The SMILES string of the molecule is CCCCCCCCCCCCCCCCCCCCCCCCC(CCCCCCCCCCCCCCCCCCCCCC)C(=O)O. The number of unbranched alkanes of at least 4 members (excludes halogenated alkanes) is 40. The van der Waals surface area contributed by atoms with Crippen LogP contribution in [-0.4, -0.2) is 11.1 Å². The maximum absolute atomic E-state index is 11.8. The van der Waals surface area contributed by atoms with Gasteiger partial charge in [-0.3, -0.25) is 4.79 Å². The summed E-state index contributed by atoms with van der Waals surface area (Å²) in [4.78, 5) is 11.8. The van der Waals surface area contributed by atoms with Crippen molar-refractivity contribution in [1.82, 2.24) is 0 Å². The van der Waals surface area contributed by atoms with Gasteiger partial charge in [0.1, 0.15) is 0 Å². The first kappa shape index (κ1) is 49.5. The summed E-state index contributed by atoms with van der Waals surface area (Å²) in [5.74, 6) is -0.651. The lowest BCUT2D eigenvalue weighted by Crippen LogP contribution is -2.13. The maximum Gasteiger partial charge on any atom is 0.306 e. The fourth-order valence-corrected chi connectivity index (χ4v) is 8.04. The van der Waals surface area contributed by atoms with E-state index in [-0.39, 0.29) is 5.92 Å². The minimum atomic E-state index is -0.550. The Morgan fingerprint density at radius 1 is 0.280 bits per heavy atom. The van der Waals surface area contributed by atoms with Crippen LogP contribution < -0.4 is 0 Å². The molecule has 300 valence electrons. The molecule has 0 aliphatic heterocycles. The molecule has 0 aromatic carbocycles. The molecule has 0 saturated heterocycles. The second kappa shape index (κ2) is 44.6. The summed E-state index contributed by atoms with van der Waals surface area (Å²) in [6.45, 7) is 4.60. The van der Waals surface area contributed by atoms with E-state index in [1.807, 2.05) is 0 Å². The van der Waals surface area contributed by atoms with E-state index in [2.05, 4.69) is 13.8 Å². The number of carbonyl (C=O) groups is 1. The zero-order valence-electron chi connectivity index (χ0n) is 35.0. The Morgan fingerprint density at radius 2 is 0.420 bits per heavy atom. The van der Waals surface area contributed by atoms with Crippen molar-refractivity contribution in [3.05, 3.63) is 0 Å². The van der Waals surface area contributed by atoms with Crippen molar-refractivity contribution in [1.29, 1.82) is 0 Å². The minimum Gasteiger partial charge on any atom is -0.481 e. The van der Waals surface area contributed by atoms with E-state index in [0.717, 1.165) is 25.7 Å². The fraction of sp³-hybridized carbons (Fsp3) is 0.979. The average Bonchev–Trinajstić information content (AvgIpc) is 3.11. The monoisotopic (exact) mass is 705 g/mol. The van der Waals surface area contributed by atoms with Crippen molar-refractivity contribution in [2.45, 2.75) is 296 Å². The summed E-state index contributed by atoms with van der Waals surface area (Å²) in [6, 6.07) is 0. The zero-order chi connectivity index (χ0) is 36.3. The van der Waals surface area contributed by atoms with Crippen molar-refractivity contribution in [2.75, 3.05) is 0 Å². The van der Waals surface area contributed by atoms with Crippen LogP contribution >= 0.6 is 0 Å². The van der Waals surface area contributed by atoms with Crippen LogP contribution in [0.15, 0.2) is 0 Å². The molecule has 0 saturated carbocycles. The Kier molecular flexibility index (Phi) is 44.2.